The van der Waals surface area contributed by atoms with Crippen LogP contribution in [0.3, 0.4) is 0 Å². The van der Waals surface area contributed by atoms with E-state index in [1.807, 2.05) is 12.4 Å². The van der Waals surface area contributed by atoms with Gasteiger partial charge in [0.1, 0.15) is 0 Å². The molecular weight excluding hydrogens is 228 g/mol. The first kappa shape index (κ1) is 13.0. The van der Waals surface area contributed by atoms with E-state index in [2.05, 4.69) is 23.7 Å². The molecule has 0 aromatic carbocycles. The molecule has 1 aromatic rings. The zero-order chi connectivity index (χ0) is 13.1. The number of piperidine rings is 1. The zero-order valence-corrected chi connectivity index (χ0v) is 11.0. The summed E-state index contributed by atoms with van der Waals surface area (Å²) in [6, 6.07) is 0. The molecule has 1 unspecified atom stereocenters. The van der Waals surface area contributed by atoms with E-state index in [4.69, 9.17) is 5.11 Å². The van der Waals surface area contributed by atoms with Crippen LogP contribution in [0.1, 0.15) is 29.5 Å². The van der Waals surface area contributed by atoms with Gasteiger partial charge < -0.3 is 5.11 Å². The molecule has 0 radical (unpaired) electrons. The van der Waals surface area contributed by atoms with Gasteiger partial charge in [0.2, 0.25) is 0 Å². The number of likely N-dealkylation sites (tertiary alicyclic amines) is 1. The molecule has 0 amide bonds. The van der Waals surface area contributed by atoms with Crippen molar-refractivity contribution in [3.05, 3.63) is 29.1 Å². The van der Waals surface area contributed by atoms with Crippen molar-refractivity contribution in [2.24, 2.45) is 5.92 Å². The summed E-state index contributed by atoms with van der Waals surface area (Å²) in [6.07, 6.45) is 5.53. The fourth-order valence-corrected chi connectivity index (χ4v) is 2.60. The summed E-state index contributed by atoms with van der Waals surface area (Å²) >= 11 is 0. The lowest BCUT2D eigenvalue weighted by molar-refractivity contribution is -0.143. The highest BCUT2D eigenvalue weighted by Gasteiger charge is 2.25. The Bertz CT molecular complexity index is 425. The van der Waals surface area contributed by atoms with Crippen molar-refractivity contribution < 1.29 is 9.90 Å². The van der Waals surface area contributed by atoms with Gasteiger partial charge in [-0.2, -0.15) is 0 Å². The smallest absolute Gasteiger partial charge is 0.307 e. The van der Waals surface area contributed by atoms with Crippen molar-refractivity contribution in [2.75, 3.05) is 13.1 Å². The Hall–Kier alpha value is -1.42. The van der Waals surface area contributed by atoms with Gasteiger partial charge in [-0.05, 0) is 49.9 Å². The van der Waals surface area contributed by atoms with E-state index >= 15 is 0 Å². The van der Waals surface area contributed by atoms with Crippen molar-refractivity contribution in [2.45, 2.75) is 33.2 Å². The number of hydrogen-bond donors (Lipinski definition) is 1. The third-order valence-corrected chi connectivity index (χ3v) is 3.72. The second-order valence-electron chi connectivity index (χ2n) is 5.16. The van der Waals surface area contributed by atoms with Gasteiger partial charge in [0, 0.05) is 25.5 Å². The molecule has 1 atom stereocenters. The van der Waals surface area contributed by atoms with Crippen LogP contribution in [0.5, 0.6) is 0 Å². The number of carboxylic acids is 1. The van der Waals surface area contributed by atoms with Crippen LogP contribution in [0, 0.1) is 19.8 Å². The number of aryl methyl sites for hydroxylation is 2. The topological polar surface area (TPSA) is 53.4 Å². The summed E-state index contributed by atoms with van der Waals surface area (Å²) in [4.78, 5) is 17.5. The standard InChI is InChI=1S/C14H20N2O2/c1-10-6-15-7-11(2)13(10)9-16-5-3-4-12(8-16)14(17)18/h6-7,12H,3-5,8-9H2,1-2H3,(H,17,18). The Morgan fingerprint density at radius 2 is 2.11 bits per heavy atom. The number of aromatic nitrogens is 1. The second-order valence-corrected chi connectivity index (χ2v) is 5.16. The van der Waals surface area contributed by atoms with Crippen molar-refractivity contribution in [3.63, 3.8) is 0 Å². The monoisotopic (exact) mass is 248 g/mol. The van der Waals surface area contributed by atoms with Crippen molar-refractivity contribution in [3.8, 4) is 0 Å². The minimum Gasteiger partial charge on any atom is -0.481 e. The summed E-state index contributed by atoms with van der Waals surface area (Å²) in [7, 11) is 0. The highest BCUT2D eigenvalue weighted by molar-refractivity contribution is 5.70. The van der Waals surface area contributed by atoms with E-state index in [0.29, 0.717) is 6.54 Å². The van der Waals surface area contributed by atoms with Gasteiger partial charge in [-0.1, -0.05) is 0 Å². The quantitative estimate of drug-likeness (QED) is 0.889. The fourth-order valence-electron chi connectivity index (χ4n) is 2.60. The molecule has 1 fully saturated rings. The van der Waals surface area contributed by atoms with Gasteiger partial charge in [0.15, 0.2) is 0 Å². The lowest BCUT2D eigenvalue weighted by Crippen LogP contribution is -2.38. The van der Waals surface area contributed by atoms with Gasteiger partial charge >= 0.3 is 5.97 Å². The fraction of sp³-hybridized carbons (Fsp3) is 0.571. The van der Waals surface area contributed by atoms with Crippen LogP contribution < -0.4 is 0 Å². The van der Waals surface area contributed by atoms with E-state index in [1.54, 1.807) is 0 Å². The molecule has 98 valence electrons. The molecular formula is C14H20N2O2. The molecule has 0 bridgehead atoms. The Morgan fingerprint density at radius 3 is 2.72 bits per heavy atom. The normalized spacial score (nSPS) is 20.9. The van der Waals surface area contributed by atoms with Gasteiger partial charge in [-0.15, -0.1) is 0 Å². The number of carboxylic acid groups (broad SMARTS) is 1. The van der Waals surface area contributed by atoms with Gasteiger partial charge in [-0.3, -0.25) is 14.7 Å². The predicted molar refractivity (Wildman–Crippen MR) is 69.3 cm³/mol. The molecule has 0 spiro atoms. The number of hydrogen-bond acceptors (Lipinski definition) is 3. The van der Waals surface area contributed by atoms with E-state index in [0.717, 1.165) is 25.9 Å². The number of pyridine rings is 1. The van der Waals surface area contributed by atoms with Gasteiger partial charge in [0.05, 0.1) is 5.92 Å². The molecule has 1 aliphatic heterocycles. The van der Waals surface area contributed by atoms with Crippen LogP contribution in [0.25, 0.3) is 0 Å². The highest BCUT2D eigenvalue weighted by Crippen LogP contribution is 2.21. The average molecular weight is 248 g/mol. The van der Waals surface area contributed by atoms with E-state index < -0.39 is 5.97 Å². The highest BCUT2D eigenvalue weighted by atomic mass is 16.4. The number of aliphatic carboxylic acids is 1. The zero-order valence-electron chi connectivity index (χ0n) is 11.0. The molecule has 1 aliphatic rings. The third-order valence-electron chi connectivity index (χ3n) is 3.72. The van der Waals surface area contributed by atoms with Crippen LogP contribution in [0.2, 0.25) is 0 Å². The second kappa shape index (κ2) is 5.48. The first-order valence-corrected chi connectivity index (χ1v) is 6.43. The van der Waals surface area contributed by atoms with Crippen LogP contribution in [0.15, 0.2) is 12.4 Å². The summed E-state index contributed by atoms with van der Waals surface area (Å²) in [5.74, 6) is -0.871. The number of rotatable bonds is 3. The molecule has 1 aromatic heterocycles. The molecule has 1 N–H and O–H groups in total. The number of nitrogens with zero attached hydrogens (tertiary/aromatic N) is 2. The summed E-state index contributed by atoms with van der Waals surface area (Å²) in [5.41, 5.74) is 3.66. The maximum absolute atomic E-state index is 11.0. The van der Waals surface area contributed by atoms with Gasteiger partial charge in [0.25, 0.3) is 0 Å². The van der Waals surface area contributed by atoms with E-state index in [1.165, 1.54) is 16.7 Å². The molecule has 0 aliphatic carbocycles. The van der Waals surface area contributed by atoms with E-state index in [9.17, 15) is 4.79 Å². The Balaban J connectivity index is 2.07. The van der Waals surface area contributed by atoms with Crippen LogP contribution in [0.4, 0.5) is 0 Å². The van der Waals surface area contributed by atoms with Crippen LogP contribution >= 0.6 is 0 Å². The maximum Gasteiger partial charge on any atom is 0.307 e. The first-order chi connectivity index (χ1) is 8.58. The van der Waals surface area contributed by atoms with E-state index in [-0.39, 0.29) is 5.92 Å². The largest absolute Gasteiger partial charge is 0.481 e. The lowest BCUT2D eigenvalue weighted by atomic mass is 9.97. The molecule has 1 saturated heterocycles. The molecule has 18 heavy (non-hydrogen) atoms. The lowest BCUT2D eigenvalue weighted by Gasteiger charge is -2.31. The van der Waals surface area contributed by atoms with Crippen molar-refractivity contribution in [1.29, 1.82) is 0 Å². The van der Waals surface area contributed by atoms with Crippen LogP contribution in [-0.2, 0) is 11.3 Å². The number of carbonyl (C=O) groups is 1. The molecule has 0 saturated carbocycles. The SMILES string of the molecule is Cc1cncc(C)c1CN1CCCC(C(=O)O)C1. The third kappa shape index (κ3) is 2.88. The first-order valence-electron chi connectivity index (χ1n) is 6.43. The Labute approximate surface area is 108 Å². The Kier molecular flexibility index (Phi) is 3.97. The summed E-state index contributed by atoms with van der Waals surface area (Å²) in [5, 5.41) is 9.09. The molecule has 4 nitrogen and oxygen atoms in total. The molecule has 2 rings (SSSR count). The average Bonchev–Trinajstić information content (AvgIpc) is 2.34. The maximum atomic E-state index is 11.0. The Morgan fingerprint density at radius 1 is 1.44 bits per heavy atom. The predicted octanol–water partition coefficient (Wildman–Crippen LogP) is 2.00. The summed E-state index contributed by atoms with van der Waals surface area (Å²) in [6.45, 7) is 6.62. The minimum atomic E-state index is -0.664. The summed E-state index contributed by atoms with van der Waals surface area (Å²) < 4.78 is 0. The van der Waals surface area contributed by atoms with Gasteiger partial charge in [-0.25, -0.2) is 0 Å². The van der Waals surface area contributed by atoms with Crippen molar-refractivity contribution in [1.82, 2.24) is 9.88 Å². The van der Waals surface area contributed by atoms with Crippen LogP contribution in [-0.4, -0.2) is 34.0 Å². The molecule has 4 heteroatoms. The molecule has 2 heterocycles. The van der Waals surface area contributed by atoms with Crippen molar-refractivity contribution >= 4 is 5.97 Å². The minimum absolute atomic E-state index is 0.207.